The number of hydrogen-bond donors (Lipinski definition) is 11. The van der Waals surface area contributed by atoms with Crippen LogP contribution in [0, 0.1) is 23.7 Å². The monoisotopic (exact) mass is 1350 g/mol. The van der Waals surface area contributed by atoms with Gasteiger partial charge in [-0.3, -0.25) is 38.4 Å². The van der Waals surface area contributed by atoms with Gasteiger partial charge in [-0.05, 0) is 120 Å². The lowest BCUT2D eigenvalue weighted by Crippen LogP contribution is -2.62. The molecular formula is C67H106N14O13S. The van der Waals surface area contributed by atoms with Crippen molar-refractivity contribution in [1.29, 1.82) is 0 Å². The second kappa shape index (κ2) is 39.9. The highest BCUT2D eigenvalue weighted by molar-refractivity contribution is 7.09. The van der Waals surface area contributed by atoms with Crippen LogP contribution >= 0.6 is 11.3 Å². The summed E-state index contributed by atoms with van der Waals surface area (Å²) in [5.41, 5.74) is 11.2. The molecule has 0 spiro atoms. The van der Waals surface area contributed by atoms with Gasteiger partial charge in [0, 0.05) is 51.6 Å². The molecule has 0 saturated carbocycles. The van der Waals surface area contributed by atoms with E-state index in [0.717, 1.165) is 10.6 Å². The number of anilines is 1. The molecule has 4 rings (SSSR count). The molecule has 1 aliphatic rings. The maximum Gasteiger partial charge on any atom is 0.408 e. The zero-order chi connectivity index (χ0) is 70.5. The van der Waals surface area contributed by atoms with Crippen LogP contribution in [0.15, 0.2) is 66.2 Å². The SMILES string of the molecule is CC[C@H](C)[C@@H]([C@@H](CC(=O)N1CCC[C@H]1[C@H](OC)[C@@H](C)C(=O)N[C@@H](Cc1ccccc1)c1nccs1)OC)N(C)C(=O)[C@@H](NC(=O)C(C)(C)NC(=O)OCc1ccc(NC(=O)[C@H](CCCNC(N)=O)NC(=O)[C@@H](NC(=O)[C@H](CCCCN)NC(=O)CNC)C(C)C)cc1)C(C)C. The fourth-order valence-corrected chi connectivity index (χ4v) is 12.2. The number of likely N-dealkylation sites (N-methyl/N-ethyl adjacent to an activating group) is 2. The number of urea groups is 1. The van der Waals surface area contributed by atoms with Crippen LogP contribution in [0.2, 0.25) is 0 Å². The number of unbranched alkanes of at least 4 members (excludes halogenated alkanes) is 1. The van der Waals surface area contributed by atoms with Crippen molar-refractivity contribution in [3.63, 3.8) is 0 Å². The maximum atomic E-state index is 14.7. The van der Waals surface area contributed by atoms with E-state index in [2.05, 4.69) is 52.8 Å². The zero-order valence-electron chi connectivity index (χ0n) is 57.7. The van der Waals surface area contributed by atoms with Crippen molar-refractivity contribution in [2.75, 3.05) is 59.8 Å². The first kappa shape index (κ1) is 79.6. The second-order valence-electron chi connectivity index (χ2n) is 25.6. The van der Waals surface area contributed by atoms with E-state index in [-0.39, 0.29) is 69.2 Å². The molecule has 11 amide bonds. The number of primary amides is 1. The molecule has 13 N–H and O–H groups in total. The van der Waals surface area contributed by atoms with Crippen LogP contribution in [0.4, 0.5) is 15.3 Å². The summed E-state index contributed by atoms with van der Waals surface area (Å²) < 4.78 is 17.7. The van der Waals surface area contributed by atoms with Gasteiger partial charge in [-0.1, -0.05) is 97.4 Å². The van der Waals surface area contributed by atoms with Gasteiger partial charge in [0.1, 0.15) is 41.3 Å². The fourth-order valence-electron chi connectivity index (χ4n) is 11.5. The third-order valence-corrected chi connectivity index (χ3v) is 18.1. The van der Waals surface area contributed by atoms with Crippen LogP contribution in [-0.2, 0) is 65.6 Å². The second-order valence-corrected chi connectivity index (χ2v) is 26.5. The van der Waals surface area contributed by atoms with Crippen molar-refractivity contribution in [1.82, 2.24) is 57.3 Å². The maximum absolute atomic E-state index is 14.7. The largest absolute Gasteiger partial charge is 0.445 e. The van der Waals surface area contributed by atoms with E-state index in [9.17, 15) is 47.9 Å². The molecule has 2 aromatic carbocycles. The molecule has 1 aromatic heterocycles. The van der Waals surface area contributed by atoms with Crippen molar-refractivity contribution in [3.8, 4) is 0 Å². The van der Waals surface area contributed by atoms with Crippen molar-refractivity contribution < 1.29 is 62.2 Å². The Bertz CT molecular complexity index is 2940. The first-order chi connectivity index (χ1) is 45.1. The number of nitrogens with two attached hydrogens (primary N) is 2. The standard InChI is InChI=1S/C67H106N14O13S/c1-14-42(6)56(51(92-12)37-53(83)81-34-21-26-50(81)57(93-13)43(7)58(84)76-49(62-71-33-35-95-62)36-44-22-16-15-17-23-44)80(11)63(88)55(41(4)5)78-64(89)67(8,9)79-66(91)94-39-45-27-29-46(30-28-45)73-59(85)48(25-20-32-72-65(69)90)75-61(87)54(40(2)3)77-60(86)47(24-18-19-31-68)74-52(82)38-70-10/h15-17,22-23,27-30,33,35,40-43,47-51,54-57,70H,14,18-21,24-26,31-32,34,36-39,68H2,1-13H3,(H,73,85)(H,74,82)(H,75,87)(H,76,84)(H,77,86)(H,78,89)(H,79,91)(H3,69,72,90)/t42-,43+,47-,48-,49-,50-,51+,54-,55-,56-,57+/m0/s1. The third kappa shape index (κ3) is 25.1. The highest BCUT2D eigenvalue weighted by Crippen LogP contribution is 2.31. The van der Waals surface area contributed by atoms with Gasteiger partial charge in [-0.25, -0.2) is 14.6 Å². The number of aromatic nitrogens is 1. The summed E-state index contributed by atoms with van der Waals surface area (Å²) in [6.07, 6.45) is 3.52. The van der Waals surface area contributed by atoms with Gasteiger partial charge < -0.3 is 83.3 Å². The number of carbonyl (C=O) groups excluding carboxylic acids is 10. The average Bonchev–Trinajstić information content (AvgIpc) is 1.82. The molecule has 1 saturated heterocycles. The number of carbonyl (C=O) groups is 10. The minimum atomic E-state index is -1.59. The van der Waals surface area contributed by atoms with E-state index >= 15 is 0 Å². The van der Waals surface area contributed by atoms with Crippen molar-refractivity contribution in [2.24, 2.45) is 35.1 Å². The number of nitrogens with one attached hydrogen (secondary N) is 9. The number of alkyl carbamates (subject to hydrolysis) is 1. The number of likely N-dealkylation sites (tertiary alicyclic amines) is 1. The number of thiazole rings is 1. The van der Waals surface area contributed by atoms with Crippen LogP contribution in [-0.4, -0.2) is 183 Å². The molecule has 1 fully saturated rings. The van der Waals surface area contributed by atoms with Crippen molar-refractivity contribution in [3.05, 3.63) is 82.3 Å². The summed E-state index contributed by atoms with van der Waals surface area (Å²) in [4.78, 5) is 144. The number of amides is 11. The van der Waals surface area contributed by atoms with E-state index in [4.69, 9.17) is 25.7 Å². The fraction of sp³-hybridized carbons (Fsp3) is 0.627. The number of nitrogens with zero attached hydrogens (tertiary/aromatic N) is 3. The molecule has 1 aliphatic heterocycles. The molecule has 0 aliphatic carbocycles. The predicted molar refractivity (Wildman–Crippen MR) is 363 cm³/mol. The number of ether oxygens (including phenoxy) is 3. The summed E-state index contributed by atoms with van der Waals surface area (Å²) in [6.45, 7) is 16.4. The summed E-state index contributed by atoms with van der Waals surface area (Å²) >= 11 is 1.47. The lowest BCUT2D eigenvalue weighted by Gasteiger charge is -2.41. The van der Waals surface area contributed by atoms with Crippen LogP contribution in [0.1, 0.15) is 142 Å². The van der Waals surface area contributed by atoms with Crippen LogP contribution in [0.5, 0.6) is 0 Å². The molecule has 27 nitrogen and oxygen atoms in total. The first-order valence-electron chi connectivity index (χ1n) is 32.9. The number of hydrogen-bond acceptors (Lipinski definition) is 17. The minimum absolute atomic E-state index is 0.0277. The Kier molecular flexibility index (Phi) is 33.5. The van der Waals surface area contributed by atoms with Gasteiger partial charge in [-0.15, -0.1) is 11.3 Å². The Balaban J connectivity index is 1.38. The number of benzene rings is 2. The molecule has 528 valence electrons. The lowest BCUT2D eigenvalue weighted by atomic mass is 9.89. The molecular weight excluding hydrogens is 1240 g/mol. The summed E-state index contributed by atoms with van der Waals surface area (Å²) in [6, 6.07) is 9.74. The number of rotatable bonds is 40. The molecule has 28 heteroatoms. The number of methoxy groups -OCH3 is 2. The normalized spacial score (nSPS) is 16.3. The zero-order valence-corrected chi connectivity index (χ0v) is 58.5. The molecule has 0 unspecified atom stereocenters. The quantitative estimate of drug-likeness (QED) is 0.0356. The molecule has 95 heavy (non-hydrogen) atoms. The lowest BCUT2D eigenvalue weighted by molar-refractivity contribution is -0.148. The van der Waals surface area contributed by atoms with E-state index in [0.29, 0.717) is 62.9 Å². The predicted octanol–water partition coefficient (Wildman–Crippen LogP) is 4.15. The van der Waals surface area contributed by atoms with Gasteiger partial charge in [0.15, 0.2) is 0 Å². The van der Waals surface area contributed by atoms with Gasteiger partial charge in [-0.2, -0.15) is 0 Å². The van der Waals surface area contributed by atoms with Gasteiger partial charge in [0.05, 0.1) is 49.2 Å². The average molecular weight is 1350 g/mol. The molecule has 0 bridgehead atoms. The van der Waals surface area contributed by atoms with E-state index < -0.39 is 119 Å². The van der Waals surface area contributed by atoms with Gasteiger partial charge in [0.25, 0.3) is 0 Å². The van der Waals surface area contributed by atoms with Gasteiger partial charge in [0.2, 0.25) is 47.3 Å². The highest BCUT2D eigenvalue weighted by Gasteiger charge is 2.44. The summed E-state index contributed by atoms with van der Waals surface area (Å²) in [5, 5.41) is 27.5. The Labute approximate surface area is 563 Å². The summed E-state index contributed by atoms with van der Waals surface area (Å²) in [7, 11) is 6.29. The van der Waals surface area contributed by atoms with Crippen LogP contribution < -0.4 is 59.3 Å². The van der Waals surface area contributed by atoms with Crippen molar-refractivity contribution >= 4 is 76.4 Å². The molecule has 2 heterocycles. The molecule has 3 aromatic rings. The Morgan fingerprint density at radius 2 is 1.44 bits per heavy atom. The van der Waals surface area contributed by atoms with Crippen LogP contribution in [0.3, 0.4) is 0 Å². The van der Waals surface area contributed by atoms with Crippen LogP contribution in [0.25, 0.3) is 0 Å². The Morgan fingerprint density at radius 1 is 0.779 bits per heavy atom. The summed E-state index contributed by atoms with van der Waals surface area (Å²) in [5.74, 6) is -5.47. The molecule has 11 atom stereocenters. The topological polar surface area (TPSA) is 378 Å². The third-order valence-electron chi connectivity index (χ3n) is 17.2. The highest BCUT2D eigenvalue weighted by atomic mass is 32.1. The Morgan fingerprint density at radius 3 is 2.03 bits per heavy atom. The molecule has 0 radical (unpaired) electrons. The Hall–Kier alpha value is -7.79. The van der Waals surface area contributed by atoms with Crippen molar-refractivity contribution in [2.45, 2.75) is 193 Å². The van der Waals surface area contributed by atoms with Gasteiger partial charge >= 0.3 is 12.1 Å². The minimum Gasteiger partial charge on any atom is -0.445 e. The van der Waals surface area contributed by atoms with E-state index in [1.807, 2.05) is 56.5 Å². The van der Waals surface area contributed by atoms with E-state index in [1.54, 1.807) is 89.2 Å². The first-order valence-corrected chi connectivity index (χ1v) is 33.8. The smallest absolute Gasteiger partial charge is 0.408 e. The van der Waals surface area contributed by atoms with E-state index in [1.165, 1.54) is 32.3 Å².